The number of nitrogen functional groups attached to an aromatic ring is 1. The molecule has 1 unspecified atom stereocenters. The number of carbonyl (C=O) groups is 1. The quantitative estimate of drug-likeness (QED) is 0.512. The number of benzene rings is 1. The van der Waals surface area contributed by atoms with Crippen LogP contribution in [0.5, 0.6) is 0 Å². The molecule has 0 aliphatic carbocycles. The van der Waals surface area contributed by atoms with Crippen LogP contribution >= 0.6 is 11.6 Å². The molecule has 0 radical (unpaired) electrons. The lowest BCUT2D eigenvalue weighted by molar-refractivity contribution is 0.0461. The zero-order chi connectivity index (χ0) is 13.7. The molecule has 1 atom stereocenters. The largest absolute Gasteiger partial charge is 0.462 e. The highest BCUT2D eigenvalue weighted by atomic mass is 35.5. The Bertz CT molecular complexity index is 444. The third-order valence-electron chi connectivity index (χ3n) is 3.14. The van der Waals surface area contributed by atoms with E-state index in [1.54, 1.807) is 18.2 Å². The van der Waals surface area contributed by atoms with Crippen molar-refractivity contribution in [1.29, 1.82) is 0 Å². The minimum Gasteiger partial charge on any atom is -0.462 e. The van der Waals surface area contributed by atoms with Gasteiger partial charge in [0.05, 0.1) is 23.3 Å². The van der Waals surface area contributed by atoms with Crippen molar-refractivity contribution in [3.05, 3.63) is 28.8 Å². The van der Waals surface area contributed by atoms with Gasteiger partial charge in [0.15, 0.2) is 0 Å². The average Bonchev–Trinajstić information content (AvgIpc) is 2.87. The van der Waals surface area contributed by atoms with E-state index in [2.05, 4.69) is 0 Å². The number of ether oxygens (including phenoxy) is 2. The van der Waals surface area contributed by atoms with Gasteiger partial charge >= 0.3 is 5.97 Å². The van der Waals surface area contributed by atoms with Crippen molar-refractivity contribution in [2.75, 3.05) is 18.9 Å². The van der Waals surface area contributed by atoms with Gasteiger partial charge in [0.1, 0.15) is 0 Å². The fourth-order valence-electron chi connectivity index (χ4n) is 2.12. The Morgan fingerprint density at radius 2 is 2.37 bits per heavy atom. The molecule has 1 aromatic rings. The molecule has 0 amide bonds. The Morgan fingerprint density at radius 1 is 1.53 bits per heavy atom. The highest BCUT2D eigenvalue weighted by molar-refractivity contribution is 6.33. The van der Waals surface area contributed by atoms with Crippen molar-refractivity contribution in [3.63, 3.8) is 0 Å². The summed E-state index contributed by atoms with van der Waals surface area (Å²) in [6.45, 7) is 1.24. The Balaban J connectivity index is 1.74. The fourth-order valence-corrected chi connectivity index (χ4v) is 2.39. The average molecular weight is 284 g/mol. The normalized spacial score (nSPS) is 18.5. The summed E-state index contributed by atoms with van der Waals surface area (Å²) in [7, 11) is 0. The number of rotatable bonds is 5. The van der Waals surface area contributed by atoms with Crippen LogP contribution in [0.2, 0.25) is 5.02 Å². The smallest absolute Gasteiger partial charge is 0.339 e. The maximum Gasteiger partial charge on any atom is 0.339 e. The highest BCUT2D eigenvalue weighted by Gasteiger charge is 2.16. The van der Waals surface area contributed by atoms with Crippen molar-refractivity contribution in [2.45, 2.75) is 31.8 Å². The summed E-state index contributed by atoms with van der Waals surface area (Å²) >= 11 is 5.94. The van der Waals surface area contributed by atoms with Gasteiger partial charge in [0, 0.05) is 12.3 Å². The Morgan fingerprint density at radius 3 is 3.05 bits per heavy atom. The van der Waals surface area contributed by atoms with E-state index in [1.165, 1.54) is 0 Å². The first-order chi connectivity index (χ1) is 9.16. The molecule has 1 aliphatic heterocycles. The lowest BCUT2D eigenvalue weighted by Gasteiger charge is -2.10. The molecular weight excluding hydrogens is 266 g/mol. The second-order valence-electron chi connectivity index (χ2n) is 4.65. The molecule has 1 aromatic carbocycles. The third kappa shape index (κ3) is 4.11. The van der Waals surface area contributed by atoms with Gasteiger partial charge in [0.25, 0.3) is 0 Å². The Hall–Kier alpha value is -1.26. The van der Waals surface area contributed by atoms with Crippen LogP contribution < -0.4 is 5.73 Å². The molecule has 104 valence electrons. The summed E-state index contributed by atoms with van der Waals surface area (Å²) in [5.41, 5.74) is 6.45. The van der Waals surface area contributed by atoms with Gasteiger partial charge in [-0.3, -0.25) is 0 Å². The summed E-state index contributed by atoms with van der Waals surface area (Å²) in [5.74, 6) is -0.405. The van der Waals surface area contributed by atoms with Gasteiger partial charge in [-0.05, 0) is 43.9 Å². The lowest BCUT2D eigenvalue weighted by atomic mass is 10.1. The molecule has 0 aromatic heterocycles. The minimum absolute atomic E-state index is 0.323. The van der Waals surface area contributed by atoms with Crippen molar-refractivity contribution >= 4 is 23.3 Å². The predicted molar refractivity (Wildman–Crippen MR) is 74.4 cm³/mol. The van der Waals surface area contributed by atoms with Gasteiger partial charge in [0.2, 0.25) is 0 Å². The van der Waals surface area contributed by atoms with Crippen LogP contribution in [-0.4, -0.2) is 25.3 Å². The van der Waals surface area contributed by atoms with Crippen LogP contribution in [0.1, 0.15) is 36.0 Å². The molecule has 1 aliphatic rings. The number of carbonyl (C=O) groups excluding carboxylic acids is 1. The maximum atomic E-state index is 11.8. The second-order valence-corrected chi connectivity index (χ2v) is 5.06. The van der Waals surface area contributed by atoms with E-state index in [0.29, 0.717) is 29.0 Å². The summed E-state index contributed by atoms with van der Waals surface area (Å²) in [6, 6.07) is 4.76. The molecule has 0 saturated carbocycles. The first kappa shape index (κ1) is 14.2. The Kier molecular flexibility index (Phi) is 5.05. The molecule has 1 heterocycles. The molecule has 1 fully saturated rings. The molecule has 0 spiro atoms. The molecule has 4 nitrogen and oxygen atoms in total. The topological polar surface area (TPSA) is 61.6 Å². The van der Waals surface area contributed by atoms with E-state index in [1.807, 2.05) is 0 Å². The lowest BCUT2D eigenvalue weighted by Crippen LogP contribution is -2.10. The highest BCUT2D eigenvalue weighted by Crippen LogP contribution is 2.20. The molecule has 2 N–H and O–H groups in total. The monoisotopic (exact) mass is 283 g/mol. The number of nitrogens with two attached hydrogens (primary N) is 1. The second kappa shape index (κ2) is 6.78. The zero-order valence-electron chi connectivity index (χ0n) is 10.7. The Labute approximate surface area is 117 Å². The summed E-state index contributed by atoms with van der Waals surface area (Å²) in [6.07, 6.45) is 4.31. The van der Waals surface area contributed by atoms with Crippen LogP contribution in [0.25, 0.3) is 0 Å². The summed E-state index contributed by atoms with van der Waals surface area (Å²) < 4.78 is 10.7. The van der Waals surface area contributed by atoms with Crippen molar-refractivity contribution in [2.24, 2.45) is 0 Å². The van der Waals surface area contributed by atoms with Crippen molar-refractivity contribution < 1.29 is 14.3 Å². The maximum absolute atomic E-state index is 11.8. The summed E-state index contributed by atoms with van der Waals surface area (Å²) in [5, 5.41) is 0.323. The minimum atomic E-state index is -0.405. The molecule has 2 rings (SSSR count). The van der Waals surface area contributed by atoms with E-state index in [-0.39, 0.29) is 0 Å². The molecule has 19 heavy (non-hydrogen) atoms. The fraction of sp³-hybridized carbons (Fsp3) is 0.500. The van der Waals surface area contributed by atoms with E-state index in [9.17, 15) is 4.79 Å². The SMILES string of the molecule is Nc1ccc(C(=O)OCCCC2CCCO2)c(Cl)c1. The number of halogens is 1. The van der Waals surface area contributed by atoms with E-state index in [0.717, 1.165) is 32.3 Å². The molecule has 0 bridgehead atoms. The van der Waals surface area contributed by atoms with Crippen LogP contribution in [-0.2, 0) is 9.47 Å². The summed E-state index contributed by atoms with van der Waals surface area (Å²) in [4.78, 5) is 11.8. The van der Waals surface area contributed by atoms with Crippen molar-refractivity contribution in [3.8, 4) is 0 Å². The molecule has 1 saturated heterocycles. The van der Waals surface area contributed by atoms with Crippen LogP contribution in [0.4, 0.5) is 5.69 Å². The van der Waals surface area contributed by atoms with Gasteiger partial charge < -0.3 is 15.2 Å². The van der Waals surface area contributed by atoms with E-state index in [4.69, 9.17) is 26.8 Å². The number of anilines is 1. The molecule has 5 heteroatoms. The van der Waals surface area contributed by atoms with E-state index < -0.39 is 5.97 Å². The number of hydrogen-bond donors (Lipinski definition) is 1. The van der Waals surface area contributed by atoms with Gasteiger partial charge in [-0.25, -0.2) is 4.79 Å². The third-order valence-corrected chi connectivity index (χ3v) is 3.45. The first-order valence-corrected chi connectivity index (χ1v) is 6.88. The number of hydrogen-bond acceptors (Lipinski definition) is 4. The van der Waals surface area contributed by atoms with Crippen LogP contribution in [0.15, 0.2) is 18.2 Å². The van der Waals surface area contributed by atoms with Gasteiger partial charge in [-0.1, -0.05) is 11.6 Å². The van der Waals surface area contributed by atoms with Crippen LogP contribution in [0.3, 0.4) is 0 Å². The first-order valence-electron chi connectivity index (χ1n) is 6.50. The van der Waals surface area contributed by atoms with Gasteiger partial charge in [-0.15, -0.1) is 0 Å². The van der Waals surface area contributed by atoms with E-state index >= 15 is 0 Å². The standard InChI is InChI=1S/C14H18ClNO3/c15-13-9-10(16)5-6-12(13)14(17)19-8-2-4-11-3-1-7-18-11/h5-6,9,11H,1-4,7-8,16H2. The molecular formula is C14H18ClNO3. The number of esters is 1. The van der Waals surface area contributed by atoms with Gasteiger partial charge in [-0.2, -0.15) is 0 Å². The predicted octanol–water partition coefficient (Wildman–Crippen LogP) is 3.04. The van der Waals surface area contributed by atoms with Crippen LogP contribution in [0, 0.1) is 0 Å². The zero-order valence-corrected chi connectivity index (χ0v) is 11.5. The van der Waals surface area contributed by atoms with Crippen molar-refractivity contribution in [1.82, 2.24) is 0 Å².